The molecule has 6 heteroatoms. The number of ether oxygens (including phenoxy) is 1. The minimum absolute atomic E-state index is 0.204. The van der Waals surface area contributed by atoms with Crippen LogP contribution in [0, 0.1) is 0 Å². The van der Waals surface area contributed by atoms with E-state index in [4.69, 9.17) is 21.4 Å². The quantitative estimate of drug-likeness (QED) is 0.443. The molecule has 2 N–H and O–H groups in total. The standard InChI is InChI=1S/C21H17ClN2O3/c22-20-7-2-1-4-17(20)14-27-19-10-8-15(9-11-19)13-23-24-18-6-3-5-16(12-18)21(25)26/h1-13,24H,14H2,(H,25,26). The summed E-state index contributed by atoms with van der Waals surface area (Å²) in [4.78, 5) is 11.0. The Morgan fingerprint density at radius 1 is 1.07 bits per heavy atom. The molecule has 0 radical (unpaired) electrons. The van der Waals surface area contributed by atoms with E-state index in [0.29, 0.717) is 17.3 Å². The number of nitrogens with one attached hydrogen (secondary N) is 1. The molecule has 0 saturated carbocycles. The van der Waals surface area contributed by atoms with Gasteiger partial charge in [-0.1, -0.05) is 35.9 Å². The van der Waals surface area contributed by atoms with Crippen LogP contribution in [0.15, 0.2) is 77.9 Å². The van der Waals surface area contributed by atoms with Crippen LogP contribution in [-0.2, 0) is 6.61 Å². The van der Waals surface area contributed by atoms with E-state index in [1.807, 2.05) is 48.5 Å². The number of hydrogen-bond donors (Lipinski definition) is 2. The molecule has 0 bridgehead atoms. The zero-order valence-corrected chi connectivity index (χ0v) is 15.1. The number of rotatable bonds is 7. The lowest BCUT2D eigenvalue weighted by molar-refractivity contribution is 0.0697. The molecule has 0 atom stereocenters. The molecule has 27 heavy (non-hydrogen) atoms. The van der Waals surface area contributed by atoms with Gasteiger partial charge in [-0.15, -0.1) is 0 Å². The lowest BCUT2D eigenvalue weighted by Crippen LogP contribution is -1.98. The molecule has 0 saturated heterocycles. The van der Waals surface area contributed by atoms with Gasteiger partial charge in [-0.05, 0) is 54.1 Å². The predicted molar refractivity (Wildman–Crippen MR) is 107 cm³/mol. The molecule has 0 heterocycles. The van der Waals surface area contributed by atoms with Gasteiger partial charge in [0.05, 0.1) is 17.5 Å². The second-order valence-corrected chi connectivity index (χ2v) is 6.11. The SMILES string of the molecule is O=C(O)c1cccc(NN=Cc2ccc(OCc3ccccc3Cl)cc2)c1. The van der Waals surface area contributed by atoms with E-state index in [9.17, 15) is 4.79 Å². The summed E-state index contributed by atoms with van der Waals surface area (Å²) in [7, 11) is 0. The second kappa shape index (κ2) is 8.87. The molecule has 3 aromatic rings. The van der Waals surface area contributed by atoms with Crippen LogP contribution in [0.2, 0.25) is 5.02 Å². The van der Waals surface area contributed by atoms with Gasteiger partial charge >= 0.3 is 5.97 Å². The van der Waals surface area contributed by atoms with Crippen LogP contribution in [0.1, 0.15) is 21.5 Å². The maximum atomic E-state index is 11.0. The molecule has 0 aromatic heterocycles. The van der Waals surface area contributed by atoms with Gasteiger partial charge in [0.25, 0.3) is 0 Å². The molecule has 0 aliphatic rings. The third-order valence-electron chi connectivity index (χ3n) is 3.75. The molecule has 3 rings (SSSR count). The highest BCUT2D eigenvalue weighted by molar-refractivity contribution is 6.31. The first-order valence-corrected chi connectivity index (χ1v) is 8.58. The third kappa shape index (κ3) is 5.33. The zero-order chi connectivity index (χ0) is 19.1. The van der Waals surface area contributed by atoms with E-state index in [0.717, 1.165) is 16.9 Å². The summed E-state index contributed by atoms with van der Waals surface area (Å²) in [5.74, 6) is -0.246. The summed E-state index contributed by atoms with van der Waals surface area (Å²) in [6.45, 7) is 0.397. The number of aromatic carboxylic acids is 1. The topological polar surface area (TPSA) is 70.9 Å². The molecule has 3 aromatic carbocycles. The fourth-order valence-electron chi connectivity index (χ4n) is 2.33. The van der Waals surface area contributed by atoms with Gasteiger partial charge in [-0.2, -0.15) is 5.10 Å². The summed E-state index contributed by atoms with van der Waals surface area (Å²) in [5, 5.41) is 13.8. The Bertz CT molecular complexity index is 956. The van der Waals surface area contributed by atoms with E-state index >= 15 is 0 Å². The number of carbonyl (C=O) groups is 1. The van der Waals surface area contributed by atoms with Crippen LogP contribution >= 0.6 is 11.6 Å². The first kappa shape index (κ1) is 18.5. The Kier molecular flexibility index (Phi) is 6.07. The van der Waals surface area contributed by atoms with Crippen molar-refractivity contribution in [2.75, 3.05) is 5.43 Å². The fraction of sp³-hybridized carbons (Fsp3) is 0.0476. The minimum Gasteiger partial charge on any atom is -0.489 e. The number of benzene rings is 3. The fourth-order valence-corrected chi connectivity index (χ4v) is 2.52. The Morgan fingerprint density at radius 3 is 2.59 bits per heavy atom. The summed E-state index contributed by atoms with van der Waals surface area (Å²) < 4.78 is 5.74. The predicted octanol–water partition coefficient (Wildman–Crippen LogP) is 5.06. The van der Waals surface area contributed by atoms with E-state index < -0.39 is 5.97 Å². The Labute approximate surface area is 161 Å². The number of hydrazone groups is 1. The summed E-state index contributed by atoms with van der Waals surface area (Å²) in [6, 6.07) is 21.5. The average Bonchev–Trinajstić information content (AvgIpc) is 2.69. The Morgan fingerprint density at radius 2 is 1.85 bits per heavy atom. The second-order valence-electron chi connectivity index (χ2n) is 5.71. The molecule has 0 amide bonds. The van der Waals surface area contributed by atoms with Crippen LogP contribution < -0.4 is 10.2 Å². The van der Waals surface area contributed by atoms with E-state index in [1.54, 1.807) is 18.3 Å². The van der Waals surface area contributed by atoms with Crippen molar-refractivity contribution >= 4 is 29.5 Å². The summed E-state index contributed by atoms with van der Waals surface area (Å²) in [5.41, 5.74) is 5.43. The molecule has 0 fully saturated rings. The average molecular weight is 381 g/mol. The van der Waals surface area contributed by atoms with Crippen LogP contribution in [0.25, 0.3) is 0 Å². The number of carboxylic acid groups (broad SMARTS) is 1. The van der Waals surface area contributed by atoms with Gasteiger partial charge in [-0.25, -0.2) is 4.79 Å². The van der Waals surface area contributed by atoms with Gasteiger partial charge in [0, 0.05) is 10.6 Å². The molecule has 0 unspecified atom stereocenters. The molecule has 0 aliphatic carbocycles. The van der Waals surface area contributed by atoms with Crippen LogP contribution in [-0.4, -0.2) is 17.3 Å². The lowest BCUT2D eigenvalue weighted by Gasteiger charge is -2.07. The highest BCUT2D eigenvalue weighted by Gasteiger charge is 2.02. The van der Waals surface area contributed by atoms with E-state index in [2.05, 4.69) is 10.5 Å². The first-order valence-electron chi connectivity index (χ1n) is 8.20. The number of carboxylic acids is 1. The number of halogens is 1. The molecule has 5 nitrogen and oxygen atoms in total. The first-order chi connectivity index (χ1) is 13.1. The van der Waals surface area contributed by atoms with Crippen LogP contribution in [0.3, 0.4) is 0 Å². The van der Waals surface area contributed by atoms with Crippen LogP contribution in [0.5, 0.6) is 5.75 Å². The van der Waals surface area contributed by atoms with Gasteiger partial charge in [0.1, 0.15) is 12.4 Å². The Balaban J connectivity index is 1.56. The zero-order valence-electron chi connectivity index (χ0n) is 14.3. The van der Waals surface area contributed by atoms with E-state index in [1.165, 1.54) is 12.1 Å². The minimum atomic E-state index is -0.977. The highest BCUT2D eigenvalue weighted by atomic mass is 35.5. The largest absolute Gasteiger partial charge is 0.489 e. The third-order valence-corrected chi connectivity index (χ3v) is 4.12. The normalized spacial score (nSPS) is 10.7. The smallest absolute Gasteiger partial charge is 0.335 e. The maximum absolute atomic E-state index is 11.0. The van der Waals surface area contributed by atoms with Crippen molar-refractivity contribution in [2.45, 2.75) is 6.61 Å². The molecule has 0 spiro atoms. The van der Waals surface area contributed by atoms with Crippen LogP contribution in [0.4, 0.5) is 5.69 Å². The van der Waals surface area contributed by atoms with Crippen molar-refractivity contribution in [1.29, 1.82) is 0 Å². The summed E-state index contributed by atoms with van der Waals surface area (Å²) in [6.07, 6.45) is 1.64. The highest BCUT2D eigenvalue weighted by Crippen LogP contribution is 2.18. The van der Waals surface area contributed by atoms with Gasteiger partial charge in [-0.3, -0.25) is 5.43 Å². The van der Waals surface area contributed by atoms with Crippen molar-refractivity contribution in [1.82, 2.24) is 0 Å². The van der Waals surface area contributed by atoms with Gasteiger partial charge < -0.3 is 9.84 Å². The molecular weight excluding hydrogens is 364 g/mol. The lowest BCUT2D eigenvalue weighted by atomic mass is 10.2. The van der Waals surface area contributed by atoms with E-state index in [-0.39, 0.29) is 5.56 Å². The van der Waals surface area contributed by atoms with Gasteiger partial charge in [0.2, 0.25) is 0 Å². The number of nitrogens with zero attached hydrogens (tertiary/aromatic N) is 1. The van der Waals surface area contributed by atoms with Crippen molar-refractivity contribution in [3.63, 3.8) is 0 Å². The van der Waals surface area contributed by atoms with Crippen molar-refractivity contribution in [3.05, 3.63) is 94.5 Å². The van der Waals surface area contributed by atoms with Gasteiger partial charge in [0.15, 0.2) is 0 Å². The van der Waals surface area contributed by atoms with Crippen molar-refractivity contribution in [3.8, 4) is 5.75 Å². The molecule has 136 valence electrons. The van der Waals surface area contributed by atoms with Crippen molar-refractivity contribution < 1.29 is 14.6 Å². The Hall–Kier alpha value is -3.31. The number of hydrogen-bond acceptors (Lipinski definition) is 4. The molecule has 0 aliphatic heterocycles. The van der Waals surface area contributed by atoms with Crippen molar-refractivity contribution in [2.24, 2.45) is 5.10 Å². The number of anilines is 1. The monoisotopic (exact) mass is 380 g/mol. The maximum Gasteiger partial charge on any atom is 0.335 e. The molecular formula is C21H17ClN2O3. The summed E-state index contributed by atoms with van der Waals surface area (Å²) >= 11 is 6.11.